The van der Waals surface area contributed by atoms with E-state index in [1.807, 2.05) is 67.3 Å². The minimum absolute atomic E-state index is 0.0437. The Morgan fingerprint density at radius 3 is 2.67 bits per heavy atom. The molecule has 2 aromatic rings. The smallest absolute Gasteiger partial charge is 0.317 e. The molecule has 1 aliphatic heterocycles. The van der Waals surface area contributed by atoms with E-state index in [9.17, 15) is 9.59 Å². The van der Waals surface area contributed by atoms with Crippen LogP contribution in [-0.2, 0) is 0 Å². The molecule has 160 valence electrons. The number of carbonyl (C=O) groups excluding carboxylic acids is 2. The Bertz CT molecular complexity index is 866. The summed E-state index contributed by atoms with van der Waals surface area (Å²) in [6.45, 7) is 6.00. The van der Waals surface area contributed by atoms with Gasteiger partial charge in [0.25, 0.3) is 5.91 Å². The summed E-state index contributed by atoms with van der Waals surface area (Å²) in [5.41, 5.74) is 2.77. The van der Waals surface area contributed by atoms with Crippen molar-refractivity contribution in [2.45, 2.75) is 38.6 Å². The molecule has 2 atom stereocenters. The van der Waals surface area contributed by atoms with Crippen LogP contribution in [0.5, 0.6) is 5.75 Å². The van der Waals surface area contributed by atoms with E-state index in [0.29, 0.717) is 18.7 Å². The molecule has 0 radical (unpaired) electrons. The van der Waals surface area contributed by atoms with Gasteiger partial charge in [-0.05, 0) is 62.1 Å². The number of likely N-dealkylation sites (tertiary alicyclic amines) is 1. The van der Waals surface area contributed by atoms with Crippen LogP contribution in [0.3, 0.4) is 0 Å². The third-order valence-electron chi connectivity index (χ3n) is 5.58. The van der Waals surface area contributed by atoms with Crippen molar-refractivity contribution in [1.29, 1.82) is 0 Å². The van der Waals surface area contributed by atoms with Crippen LogP contribution in [0.15, 0.2) is 48.5 Å². The van der Waals surface area contributed by atoms with E-state index in [2.05, 4.69) is 10.6 Å². The van der Waals surface area contributed by atoms with Crippen LogP contribution in [0.25, 0.3) is 0 Å². The number of carbonyl (C=O) groups is 2. The Hall–Kier alpha value is -3.02. The molecular weight excluding hydrogens is 378 g/mol. The number of hydrogen-bond donors (Lipinski definition) is 2. The summed E-state index contributed by atoms with van der Waals surface area (Å²) in [4.78, 5) is 26.7. The normalized spacial score (nSPS) is 17.2. The number of urea groups is 1. The standard InChI is InChI=1S/C24H31N3O3/c1-4-30-22-12-10-18(11-13-22)17(2)26-23(28)20-8-5-7-19(15-20)21-9-6-14-27(16-21)24(29)25-3/h5,7-8,10-13,15,17,21H,4,6,9,14,16H2,1-3H3,(H,25,29)(H,26,28)/t17-,21-/m0/s1. The summed E-state index contributed by atoms with van der Waals surface area (Å²) in [5.74, 6) is 0.968. The fourth-order valence-electron chi connectivity index (χ4n) is 3.91. The van der Waals surface area contributed by atoms with Crippen LogP contribution in [0, 0.1) is 0 Å². The van der Waals surface area contributed by atoms with Gasteiger partial charge in [-0.2, -0.15) is 0 Å². The zero-order valence-corrected chi connectivity index (χ0v) is 18.0. The number of nitrogens with one attached hydrogen (secondary N) is 2. The van der Waals surface area contributed by atoms with E-state index in [4.69, 9.17) is 4.74 Å². The molecule has 2 aromatic carbocycles. The van der Waals surface area contributed by atoms with Gasteiger partial charge < -0.3 is 20.3 Å². The van der Waals surface area contributed by atoms with Crippen molar-refractivity contribution in [3.63, 3.8) is 0 Å². The molecule has 0 aromatic heterocycles. The topological polar surface area (TPSA) is 70.7 Å². The molecule has 1 aliphatic rings. The fraction of sp³-hybridized carbons (Fsp3) is 0.417. The molecule has 1 saturated heterocycles. The van der Waals surface area contributed by atoms with Crippen molar-refractivity contribution in [3.8, 4) is 5.75 Å². The largest absolute Gasteiger partial charge is 0.494 e. The van der Waals surface area contributed by atoms with E-state index in [1.54, 1.807) is 7.05 Å². The van der Waals surface area contributed by atoms with Crippen LogP contribution < -0.4 is 15.4 Å². The maximum atomic E-state index is 12.8. The van der Waals surface area contributed by atoms with Crippen molar-refractivity contribution in [3.05, 3.63) is 65.2 Å². The second-order valence-electron chi connectivity index (χ2n) is 7.66. The molecule has 6 nitrogen and oxygen atoms in total. The minimum atomic E-state index is -0.116. The molecular formula is C24H31N3O3. The molecule has 0 bridgehead atoms. The lowest BCUT2D eigenvalue weighted by atomic mass is 9.89. The molecule has 0 saturated carbocycles. The van der Waals surface area contributed by atoms with Gasteiger partial charge >= 0.3 is 6.03 Å². The van der Waals surface area contributed by atoms with Gasteiger partial charge in [-0.1, -0.05) is 24.3 Å². The van der Waals surface area contributed by atoms with E-state index in [1.165, 1.54) is 0 Å². The highest BCUT2D eigenvalue weighted by molar-refractivity contribution is 5.94. The number of benzene rings is 2. The Morgan fingerprint density at radius 2 is 1.97 bits per heavy atom. The average Bonchev–Trinajstić information content (AvgIpc) is 2.79. The van der Waals surface area contributed by atoms with Crippen LogP contribution in [0.2, 0.25) is 0 Å². The lowest BCUT2D eigenvalue weighted by molar-refractivity contribution is 0.0939. The summed E-state index contributed by atoms with van der Waals surface area (Å²) >= 11 is 0. The van der Waals surface area contributed by atoms with Crippen LogP contribution in [0.1, 0.15) is 60.1 Å². The number of hydrogen-bond acceptors (Lipinski definition) is 3. The van der Waals surface area contributed by atoms with Gasteiger partial charge in [-0.25, -0.2) is 4.79 Å². The molecule has 3 amide bonds. The van der Waals surface area contributed by atoms with Crippen molar-refractivity contribution in [1.82, 2.24) is 15.5 Å². The number of rotatable bonds is 6. The van der Waals surface area contributed by atoms with Crippen molar-refractivity contribution < 1.29 is 14.3 Å². The molecule has 0 spiro atoms. The van der Waals surface area contributed by atoms with Gasteiger partial charge in [-0.3, -0.25) is 4.79 Å². The van der Waals surface area contributed by atoms with Crippen LogP contribution in [-0.4, -0.2) is 43.6 Å². The van der Waals surface area contributed by atoms with Gasteiger partial charge in [0.05, 0.1) is 12.6 Å². The molecule has 3 rings (SSSR count). The highest BCUT2D eigenvalue weighted by Crippen LogP contribution is 2.27. The number of amides is 3. The fourth-order valence-corrected chi connectivity index (χ4v) is 3.91. The summed E-state index contributed by atoms with van der Waals surface area (Å²) in [6, 6.07) is 15.4. The molecule has 0 unspecified atom stereocenters. The lowest BCUT2D eigenvalue weighted by Gasteiger charge is -2.32. The number of piperidine rings is 1. The van der Waals surface area contributed by atoms with E-state index in [0.717, 1.165) is 36.3 Å². The van der Waals surface area contributed by atoms with Crippen LogP contribution >= 0.6 is 0 Å². The van der Waals surface area contributed by atoms with Gasteiger partial charge in [-0.15, -0.1) is 0 Å². The molecule has 0 aliphatic carbocycles. The molecule has 1 heterocycles. The average molecular weight is 410 g/mol. The Kier molecular flexibility index (Phi) is 7.33. The van der Waals surface area contributed by atoms with Gasteiger partial charge in [0.1, 0.15) is 5.75 Å². The zero-order chi connectivity index (χ0) is 21.5. The molecule has 6 heteroatoms. The maximum Gasteiger partial charge on any atom is 0.317 e. The predicted octanol–water partition coefficient (Wildman–Crippen LogP) is 4.10. The van der Waals surface area contributed by atoms with E-state index in [-0.39, 0.29) is 23.9 Å². The second kappa shape index (κ2) is 10.1. The Labute approximate surface area is 178 Å². The SMILES string of the molecule is CCOc1ccc([C@H](C)NC(=O)c2cccc([C@H]3CCCN(C(=O)NC)C3)c2)cc1. The molecule has 30 heavy (non-hydrogen) atoms. The first-order valence-corrected chi connectivity index (χ1v) is 10.6. The summed E-state index contributed by atoms with van der Waals surface area (Å²) in [6.07, 6.45) is 1.98. The van der Waals surface area contributed by atoms with Gasteiger partial charge in [0, 0.05) is 31.6 Å². The Balaban J connectivity index is 1.66. The monoisotopic (exact) mass is 409 g/mol. The lowest BCUT2D eigenvalue weighted by Crippen LogP contribution is -2.43. The second-order valence-corrected chi connectivity index (χ2v) is 7.66. The summed E-state index contributed by atoms with van der Waals surface area (Å²) in [5, 5.41) is 5.77. The molecule has 2 N–H and O–H groups in total. The first-order valence-electron chi connectivity index (χ1n) is 10.6. The number of nitrogens with zero attached hydrogens (tertiary/aromatic N) is 1. The highest BCUT2D eigenvalue weighted by Gasteiger charge is 2.24. The highest BCUT2D eigenvalue weighted by atomic mass is 16.5. The Morgan fingerprint density at radius 1 is 1.20 bits per heavy atom. The van der Waals surface area contributed by atoms with Crippen molar-refractivity contribution >= 4 is 11.9 Å². The minimum Gasteiger partial charge on any atom is -0.494 e. The van der Waals surface area contributed by atoms with Crippen molar-refractivity contribution in [2.24, 2.45) is 0 Å². The summed E-state index contributed by atoms with van der Waals surface area (Å²) in [7, 11) is 1.66. The van der Waals surface area contributed by atoms with Gasteiger partial charge in [0.2, 0.25) is 0 Å². The van der Waals surface area contributed by atoms with Crippen molar-refractivity contribution in [2.75, 3.05) is 26.7 Å². The predicted molar refractivity (Wildman–Crippen MR) is 118 cm³/mol. The summed E-state index contributed by atoms with van der Waals surface area (Å²) < 4.78 is 5.48. The first kappa shape index (κ1) is 21.7. The third-order valence-corrected chi connectivity index (χ3v) is 5.58. The maximum absolute atomic E-state index is 12.8. The quantitative estimate of drug-likeness (QED) is 0.755. The van der Waals surface area contributed by atoms with E-state index < -0.39 is 0 Å². The third kappa shape index (κ3) is 5.32. The molecule has 1 fully saturated rings. The van der Waals surface area contributed by atoms with Crippen LogP contribution in [0.4, 0.5) is 4.79 Å². The van der Waals surface area contributed by atoms with Gasteiger partial charge in [0.15, 0.2) is 0 Å². The first-order chi connectivity index (χ1) is 14.5. The zero-order valence-electron chi connectivity index (χ0n) is 18.0. The van der Waals surface area contributed by atoms with E-state index >= 15 is 0 Å². The number of ether oxygens (including phenoxy) is 1.